The van der Waals surface area contributed by atoms with Crippen molar-refractivity contribution in [3.8, 4) is 11.3 Å². The molecule has 0 bridgehead atoms. The van der Waals surface area contributed by atoms with Gasteiger partial charge in [0.05, 0.1) is 5.69 Å². The fraction of sp³-hybridized carbons (Fsp3) is 0.167. The van der Waals surface area contributed by atoms with Crippen molar-refractivity contribution >= 4 is 27.4 Å². The van der Waals surface area contributed by atoms with Gasteiger partial charge in [0.25, 0.3) is 0 Å². The van der Waals surface area contributed by atoms with Gasteiger partial charge in [-0.2, -0.15) is 0 Å². The lowest BCUT2D eigenvalue weighted by molar-refractivity contribution is 0.0691. The summed E-state index contributed by atoms with van der Waals surface area (Å²) in [6.07, 6.45) is 0.979. The van der Waals surface area contributed by atoms with Crippen LogP contribution in [-0.4, -0.2) is 35.3 Å². The molecule has 0 aliphatic rings. The molecule has 0 aliphatic heterocycles. The fourth-order valence-electron chi connectivity index (χ4n) is 1.90. The highest BCUT2D eigenvalue weighted by Crippen LogP contribution is 2.27. The summed E-state index contributed by atoms with van der Waals surface area (Å²) in [5.74, 6) is -1.29. The number of sulfone groups is 1. The van der Waals surface area contributed by atoms with E-state index >= 15 is 0 Å². The van der Waals surface area contributed by atoms with Gasteiger partial charge < -0.3 is 9.67 Å². The number of hydrogen-bond donors (Lipinski definition) is 1. The number of carboxylic acids is 1. The highest BCUT2D eigenvalue weighted by molar-refractivity contribution is 7.90. The number of benzene rings is 1. The fourth-order valence-corrected chi connectivity index (χ4v) is 2.87. The molecule has 20 heavy (non-hydrogen) atoms. The zero-order valence-corrected chi connectivity index (χ0v) is 12.2. The highest BCUT2D eigenvalue weighted by atomic mass is 35.5. The number of halogens is 1. The van der Waals surface area contributed by atoms with Crippen LogP contribution in [0.2, 0.25) is 5.02 Å². The number of rotatable bonds is 3. The van der Waals surface area contributed by atoms with Crippen LogP contribution in [0.1, 0.15) is 10.5 Å². The van der Waals surface area contributed by atoms with Gasteiger partial charge in [0, 0.05) is 23.9 Å². The Morgan fingerprint density at radius 2 is 1.85 bits per heavy atom. The molecule has 0 amide bonds. The van der Waals surface area contributed by atoms with E-state index in [2.05, 4.69) is 4.98 Å². The number of aromatic carboxylic acids is 1. The molecule has 0 atom stereocenters. The average molecular weight is 315 g/mol. The second-order valence-corrected chi connectivity index (χ2v) is 6.58. The number of nitrogens with zero attached hydrogens (tertiary/aromatic N) is 2. The predicted molar refractivity (Wildman–Crippen MR) is 73.7 cm³/mol. The van der Waals surface area contributed by atoms with E-state index in [1.807, 2.05) is 0 Å². The van der Waals surface area contributed by atoms with E-state index in [0.717, 1.165) is 6.26 Å². The maximum atomic E-state index is 11.6. The first-order valence-electron chi connectivity index (χ1n) is 5.48. The molecule has 0 spiro atoms. The third kappa shape index (κ3) is 2.54. The first-order chi connectivity index (χ1) is 9.21. The standard InChI is InChI=1S/C12H11ClN2O4S/c1-15-10(7-3-5-8(13)6-4-7)9(11(16)17)14-12(15)20(2,18)19/h3-6H,1-2H3,(H,16,17). The lowest BCUT2D eigenvalue weighted by Gasteiger charge is -2.05. The van der Waals surface area contributed by atoms with Gasteiger partial charge in [-0.15, -0.1) is 0 Å². The summed E-state index contributed by atoms with van der Waals surface area (Å²) in [5.41, 5.74) is 0.432. The van der Waals surface area contributed by atoms with Crippen molar-refractivity contribution in [2.75, 3.05) is 6.26 Å². The quantitative estimate of drug-likeness (QED) is 0.933. The van der Waals surface area contributed by atoms with Crippen molar-refractivity contribution in [3.05, 3.63) is 35.0 Å². The Kier molecular flexibility index (Phi) is 3.58. The Balaban J connectivity index is 2.77. The van der Waals surface area contributed by atoms with E-state index in [0.29, 0.717) is 10.6 Å². The van der Waals surface area contributed by atoms with E-state index in [1.54, 1.807) is 24.3 Å². The van der Waals surface area contributed by atoms with E-state index in [-0.39, 0.29) is 16.5 Å². The number of aromatic nitrogens is 2. The molecule has 0 radical (unpaired) electrons. The van der Waals surface area contributed by atoms with Crippen LogP contribution in [0.15, 0.2) is 29.4 Å². The van der Waals surface area contributed by atoms with Gasteiger partial charge in [0.15, 0.2) is 5.69 Å². The summed E-state index contributed by atoms with van der Waals surface area (Å²) in [5, 5.41) is 9.39. The van der Waals surface area contributed by atoms with Gasteiger partial charge in [-0.25, -0.2) is 18.2 Å². The summed E-state index contributed by atoms with van der Waals surface area (Å²) in [7, 11) is -2.16. The van der Waals surface area contributed by atoms with E-state index < -0.39 is 15.8 Å². The molecule has 0 saturated carbocycles. The minimum Gasteiger partial charge on any atom is -0.476 e. The summed E-state index contributed by atoms with van der Waals surface area (Å²) < 4.78 is 24.5. The molecule has 0 fully saturated rings. The van der Waals surface area contributed by atoms with Gasteiger partial charge in [-0.3, -0.25) is 0 Å². The molecule has 106 valence electrons. The molecule has 2 rings (SSSR count). The molecule has 1 aromatic carbocycles. The summed E-state index contributed by atoms with van der Waals surface area (Å²) in [6.45, 7) is 0. The smallest absolute Gasteiger partial charge is 0.356 e. The van der Waals surface area contributed by atoms with Gasteiger partial charge in [0.2, 0.25) is 15.0 Å². The Bertz CT molecular complexity index is 779. The first kappa shape index (κ1) is 14.5. The van der Waals surface area contributed by atoms with Crippen LogP contribution in [0.25, 0.3) is 11.3 Å². The topological polar surface area (TPSA) is 89.3 Å². The van der Waals surface area contributed by atoms with Crippen molar-refractivity contribution in [3.63, 3.8) is 0 Å². The first-order valence-corrected chi connectivity index (χ1v) is 7.74. The molecular formula is C12H11ClN2O4S. The normalized spacial score (nSPS) is 11.6. The maximum Gasteiger partial charge on any atom is 0.356 e. The summed E-state index contributed by atoms with van der Waals surface area (Å²) >= 11 is 5.78. The van der Waals surface area contributed by atoms with Crippen LogP contribution in [0.5, 0.6) is 0 Å². The molecule has 1 N–H and O–H groups in total. The Morgan fingerprint density at radius 3 is 2.30 bits per heavy atom. The van der Waals surface area contributed by atoms with Crippen molar-refractivity contribution in [1.29, 1.82) is 0 Å². The number of carbonyl (C=O) groups is 1. The maximum absolute atomic E-state index is 11.6. The van der Waals surface area contributed by atoms with Crippen molar-refractivity contribution < 1.29 is 18.3 Å². The summed E-state index contributed by atoms with van der Waals surface area (Å²) in [6, 6.07) is 6.40. The second kappa shape index (κ2) is 4.92. The average Bonchev–Trinajstić information content (AvgIpc) is 2.68. The molecule has 0 aliphatic carbocycles. The predicted octanol–water partition coefficient (Wildman–Crippen LogP) is 1.84. The monoisotopic (exact) mass is 314 g/mol. The molecule has 1 heterocycles. The van der Waals surface area contributed by atoms with Crippen LogP contribution in [-0.2, 0) is 16.9 Å². The van der Waals surface area contributed by atoms with Gasteiger partial charge in [-0.05, 0) is 12.1 Å². The molecule has 8 heteroatoms. The van der Waals surface area contributed by atoms with Crippen LogP contribution < -0.4 is 0 Å². The largest absolute Gasteiger partial charge is 0.476 e. The minimum absolute atomic E-state index is 0.217. The van der Waals surface area contributed by atoms with Crippen LogP contribution in [0.3, 0.4) is 0 Å². The molecule has 1 aromatic heterocycles. The van der Waals surface area contributed by atoms with E-state index in [1.165, 1.54) is 11.6 Å². The molecule has 2 aromatic rings. The third-order valence-corrected chi connectivity index (χ3v) is 3.99. The molecule has 0 unspecified atom stereocenters. The third-order valence-electron chi connectivity index (χ3n) is 2.71. The van der Waals surface area contributed by atoms with Crippen LogP contribution in [0, 0.1) is 0 Å². The van der Waals surface area contributed by atoms with Gasteiger partial charge in [0.1, 0.15) is 0 Å². The number of hydrogen-bond acceptors (Lipinski definition) is 4. The Hall–Kier alpha value is -1.86. The molecule has 0 saturated heterocycles. The SMILES string of the molecule is Cn1c(S(C)(=O)=O)nc(C(=O)O)c1-c1ccc(Cl)cc1. The van der Waals surface area contributed by atoms with E-state index in [9.17, 15) is 18.3 Å². The van der Waals surface area contributed by atoms with E-state index in [4.69, 9.17) is 11.6 Å². The van der Waals surface area contributed by atoms with Gasteiger partial charge in [-0.1, -0.05) is 23.7 Å². The second-order valence-electron chi connectivity index (χ2n) is 4.23. The van der Waals surface area contributed by atoms with Crippen LogP contribution in [0.4, 0.5) is 0 Å². The molecule has 6 nitrogen and oxygen atoms in total. The van der Waals surface area contributed by atoms with Gasteiger partial charge >= 0.3 is 5.97 Å². The Morgan fingerprint density at radius 1 is 1.30 bits per heavy atom. The zero-order chi connectivity index (χ0) is 15.1. The number of carboxylic acid groups (broad SMARTS) is 1. The summed E-state index contributed by atoms with van der Waals surface area (Å²) in [4.78, 5) is 15.0. The van der Waals surface area contributed by atoms with Crippen molar-refractivity contribution in [1.82, 2.24) is 9.55 Å². The highest BCUT2D eigenvalue weighted by Gasteiger charge is 2.25. The van der Waals surface area contributed by atoms with Crippen molar-refractivity contribution in [2.24, 2.45) is 7.05 Å². The van der Waals surface area contributed by atoms with Crippen molar-refractivity contribution in [2.45, 2.75) is 5.16 Å². The Labute approximate surface area is 120 Å². The zero-order valence-electron chi connectivity index (χ0n) is 10.7. The minimum atomic E-state index is -3.62. The lowest BCUT2D eigenvalue weighted by atomic mass is 10.1. The van der Waals surface area contributed by atoms with Crippen LogP contribution >= 0.6 is 11.6 Å². The lowest BCUT2D eigenvalue weighted by Crippen LogP contribution is -2.06. The molecular weight excluding hydrogens is 304 g/mol. The number of imidazole rings is 1.